The topological polar surface area (TPSA) is 46.0 Å². The summed E-state index contributed by atoms with van der Waals surface area (Å²) in [6.45, 7) is 3.74. The summed E-state index contributed by atoms with van der Waals surface area (Å²) in [7, 11) is 0. The summed E-state index contributed by atoms with van der Waals surface area (Å²) in [5.74, 6) is 2.02. The predicted molar refractivity (Wildman–Crippen MR) is 213 cm³/mol. The molecule has 0 unspecified atom stereocenters. The van der Waals surface area contributed by atoms with Gasteiger partial charge in [0.1, 0.15) is 17.3 Å². The molecule has 1 aliphatic heterocycles. The van der Waals surface area contributed by atoms with Crippen molar-refractivity contribution in [2.45, 2.75) is 33.0 Å². The highest BCUT2D eigenvalue weighted by Gasteiger charge is 2.37. The zero-order valence-electron chi connectivity index (χ0n) is 35.8. The molecular formula is C46H37N5O+2. The van der Waals surface area contributed by atoms with Crippen LogP contribution >= 0.6 is 0 Å². The molecule has 6 heteroatoms. The molecule has 0 atom stereocenters. The van der Waals surface area contributed by atoms with E-state index in [4.69, 9.17) is 19.3 Å². The SMILES string of the molecule is [2H]c1c([2H])c(C([2H])([2H])[2H])c([2H])c([2H])c1-c1ccccc1[N+]1=C=[N+](c2cccc(Oc3ccc4c5ccncc5n(-c5cc(C(C)(C)C)ccn5)c4c3)c2)c2ccccc21. The van der Waals surface area contributed by atoms with Crippen molar-refractivity contribution in [3.8, 4) is 28.4 Å². The van der Waals surface area contributed by atoms with E-state index in [0.717, 1.165) is 44.7 Å². The maximum Gasteiger partial charge on any atom is 0.503 e. The van der Waals surface area contributed by atoms with E-state index in [-0.39, 0.29) is 11.0 Å². The van der Waals surface area contributed by atoms with Crippen LogP contribution in [0.25, 0.3) is 38.8 Å². The van der Waals surface area contributed by atoms with E-state index in [9.17, 15) is 0 Å². The fraction of sp³-hybridized carbons (Fsp3) is 0.109. The van der Waals surface area contributed by atoms with Gasteiger partial charge in [0.25, 0.3) is 11.4 Å². The third kappa shape index (κ3) is 5.47. The van der Waals surface area contributed by atoms with E-state index < -0.39 is 36.6 Å². The van der Waals surface area contributed by atoms with E-state index in [0.29, 0.717) is 22.7 Å². The maximum atomic E-state index is 8.84. The number of hydrogen-bond donors (Lipinski definition) is 0. The van der Waals surface area contributed by atoms with Crippen LogP contribution in [0.4, 0.5) is 22.7 Å². The second-order valence-electron chi connectivity index (χ2n) is 13.7. The Morgan fingerprint density at radius 3 is 2.27 bits per heavy atom. The quantitative estimate of drug-likeness (QED) is 0.164. The molecule has 8 aromatic rings. The predicted octanol–water partition coefficient (Wildman–Crippen LogP) is 11.5. The summed E-state index contributed by atoms with van der Waals surface area (Å²) >= 11 is 0. The summed E-state index contributed by atoms with van der Waals surface area (Å²) in [5.41, 5.74) is 5.63. The zero-order chi connectivity index (χ0) is 41.4. The first-order valence-corrected chi connectivity index (χ1v) is 17.0. The van der Waals surface area contributed by atoms with Gasteiger partial charge in [-0.15, -0.1) is 0 Å². The van der Waals surface area contributed by atoms with Gasteiger partial charge in [-0.1, -0.05) is 80.8 Å². The van der Waals surface area contributed by atoms with Gasteiger partial charge in [0.2, 0.25) is 11.4 Å². The molecule has 6 nitrogen and oxygen atoms in total. The number of rotatable bonds is 6. The number of benzene rings is 5. The number of fused-ring (bicyclic) bond motifs is 4. The molecule has 0 saturated heterocycles. The Hall–Kier alpha value is -6.62. The van der Waals surface area contributed by atoms with Gasteiger partial charge in [-0.3, -0.25) is 9.55 Å². The molecular weight excluding hydrogens is 639 g/mol. The Labute approximate surface area is 312 Å². The van der Waals surface area contributed by atoms with E-state index in [1.54, 1.807) is 18.3 Å². The molecule has 0 amide bonds. The monoisotopic (exact) mass is 682 g/mol. The minimum Gasteiger partial charge on any atom is -0.457 e. The molecule has 0 radical (unpaired) electrons. The molecule has 0 N–H and O–H groups in total. The molecule has 0 bridgehead atoms. The highest BCUT2D eigenvalue weighted by atomic mass is 16.5. The van der Waals surface area contributed by atoms with Gasteiger partial charge >= 0.3 is 6.01 Å². The van der Waals surface area contributed by atoms with Crippen LogP contribution < -0.4 is 13.9 Å². The largest absolute Gasteiger partial charge is 0.503 e. The second kappa shape index (κ2) is 12.3. The molecule has 4 heterocycles. The van der Waals surface area contributed by atoms with Gasteiger partial charge in [-0.05, 0) is 75.0 Å². The summed E-state index contributed by atoms with van der Waals surface area (Å²) in [4.78, 5) is 9.23. The van der Waals surface area contributed by atoms with E-state index in [1.807, 2.05) is 106 Å². The van der Waals surface area contributed by atoms with E-state index >= 15 is 0 Å². The Kier molecular flexibility index (Phi) is 5.80. The zero-order valence-corrected chi connectivity index (χ0v) is 28.8. The molecule has 250 valence electrons. The average Bonchev–Trinajstić information content (AvgIpc) is 3.76. The first kappa shape index (κ1) is 24.5. The van der Waals surface area contributed by atoms with Crippen molar-refractivity contribution in [2.24, 2.45) is 0 Å². The van der Waals surface area contributed by atoms with Crippen LogP contribution in [0.3, 0.4) is 0 Å². The van der Waals surface area contributed by atoms with Crippen molar-refractivity contribution in [3.63, 3.8) is 0 Å². The number of ether oxygens (including phenoxy) is 1. The third-order valence-corrected chi connectivity index (χ3v) is 9.30. The molecule has 52 heavy (non-hydrogen) atoms. The Bertz CT molecular complexity index is 3070. The molecule has 0 fully saturated rings. The molecule has 9 rings (SSSR count). The first-order chi connectivity index (χ1) is 28.2. The Morgan fingerprint density at radius 1 is 0.712 bits per heavy atom. The Balaban J connectivity index is 1.14. The van der Waals surface area contributed by atoms with Crippen LogP contribution in [-0.2, 0) is 5.41 Å². The van der Waals surface area contributed by atoms with Crippen LogP contribution in [0.15, 0.2) is 152 Å². The lowest BCUT2D eigenvalue weighted by Crippen LogP contribution is -2.12. The number of nitrogens with zero attached hydrogens (tertiary/aromatic N) is 5. The van der Waals surface area contributed by atoms with Crippen LogP contribution in [0.1, 0.15) is 41.5 Å². The maximum absolute atomic E-state index is 8.84. The van der Waals surface area contributed by atoms with Crippen LogP contribution in [0, 0.1) is 6.85 Å². The highest BCUT2D eigenvalue weighted by Crippen LogP contribution is 2.41. The standard InChI is InChI=1S/C46H37N5O/c1-31-16-18-32(19-17-31)37-12-5-6-13-40(37)50-30-49(41-14-7-8-15-42(41)50)34-10-9-11-35(27-34)52-36-20-21-38-39-23-24-47-29-44(39)51(43(38)28-36)45-26-33(22-25-48-45)46(2,3)4/h5-29H,1-4H3/q+2/i1D3,16D,17D,18D,19D. The van der Waals surface area contributed by atoms with Gasteiger partial charge in [0, 0.05) is 57.6 Å². The summed E-state index contributed by atoms with van der Waals surface area (Å²) in [6.07, 6.45) is 5.50. The lowest BCUT2D eigenvalue weighted by molar-refractivity contribution is 0.483. The fourth-order valence-corrected chi connectivity index (χ4v) is 6.74. The normalized spacial score (nSPS) is 14.7. The molecule has 0 aliphatic carbocycles. The molecule has 0 saturated carbocycles. The lowest BCUT2D eigenvalue weighted by atomic mass is 9.88. The molecule has 3 aromatic heterocycles. The first-order valence-electron chi connectivity index (χ1n) is 20.5. The number of aromatic nitrogens is 3. The lowest BCUT2D eigenvalue weighted by Gasteiger charge is -2.20. The van der Waals surface area contributed by atoms with Crippen LogP contribution in [0.5, 0.6) is 11.5 Å². The number of para-hydroxylation sites is 3. The van der Waals surface area contributed by atoms with Crippen molar-refractivity contribution < 1.29 is 14.3 Å². The number of hydrogen-bond acceptors (Lipinski definition) is 3. The van der Waals surface area contributed by atoms with Gasteiger partial charge in [0.15, 0.2) is 0 Å². The van der Waals surface area contributed by atoms with E-state index in [1.165, 1.54) is 5.56 Å². The van der Waals surface area contributed by atoms with Gasteiger partial charge in [-0.25, -0.2) is 4.98 Å². The second-order valence-corrected chi connectivity index (χ2v) is 13.7. The molecule has 0 spiro atoms. The Morgan fingerprint density at radius 2 is 1.46 bits per heavy atom. The fourth-order valence-electron chi connectivity index (χ4n) is 6.74. The summed E-state index contributed by atoms with van der Waals surface area (Å²) < 4.78 is 70.8. The van der Waals surface area contributed by atoms with E-state index in [2.05, 4.69) is 48.5 Å². The van der Waals surface area contributed by atoms with Crippen LogP contribution in [0.2, 0.25) is 0 Å². The molecule has 1 aliphatic rings. The minimum absolute atomic E-state index is 0.00156. The van der Waals surface area contributed by atoms with Gasteiger partial charge < -0.3 is 4.74 Å². The van der Waals surface area contributed by atoms with Crippen molar-refractivity contribution in [1.29, 1.82) is 0 Å². The summed E-state index contributed by atoms with van der Waals surface area (Å²) in [5, 5.41) is 2.10. The van der Waals surface area contributed by atoms with Gasteiger partial charge in [-0.2, -0.15) is 0 Å². The van der Waals surface area contributed by atoms with Gasteiger partial charge in [0.05, 0.1) is 34.3 Å². The van der Waals surface area contributed by atoms with Crippen molar-refractivity contribution in [1.82, 2.24) is 23.7 Å². The number of pyridine rings is 2. The minimum atomic E-state index is -2.81. The molecule has 5 aromatic carbocycles. The van der Waals surface area contributed by atoms with Crippen LogP contribution in [-0.4, -0.2) is 20.5 Å². The van der Waals surface area contributed by atoms with Crippen molar-refractivity contribution >= 4 is 50.6 Å². The third-order valence-electron chi connectivity index (χ3n) is 9.30. The average molecular weight is 683 g/mol. The van der Waals surface area contributed by atoms with Crippen molar-refractivity contribution in [2.75, 3.05) is 0 Å². The highest BCUT2D eigenvalue weighted by molar-refractivity contribution is 6.09. The summed E-state index contributed by atoms with van der Waals surface area (Å²) in [6, 6.07) is 36.1. The smallest absolute Gasteiger partial charge is 0.457 e. The van der Waals surface area contributed by atoms with Crippen molar-refractivity contribution in [3.05, 3.63) is 163 Å².